The van der Waals surface area contributed by atoms with Crippen molar-refractivity contribution in [2.24, 2.45) is 5.41 Å². The Hall–Kier alpha value is -0.450. The fraction of sp³-hybridized carbons (Fsp3) is 0.786. The minimum Gasteiger partial charge on any atom is -0.319 e. The van der Waals surface area contributed by atoms with E-state index in [4.69, 9.17) is 0 Å². The van der Waals surface area contributed by atoms with Gasteiger partial charge in [-0.25, -0.2) is 4.98 Å². The van der Waals surface area contributed by atoms with E-state index in [1.807, 2.05) is 12.6 Å². The molecule has 1 aromatic rings. The SMILES string of the molecule is CCCC(C)(CNC)CN(C)Cc1scnc1C. The van der Waals surface area contributed by atoms with Gasteiger partial charge in [-0.3, -0.25) is 0 Å². The Morgan fingerprint density at radius 1 is 1.50 bits per heavy atom. The van der Waals surface area contributed by atoms with Crippen LogP contribution >= 0.6 is 11.3 Å². The third-order valence-electron chi connectivity index (χ3n) is 3.37. The van der Waals surface area contributed by atoms with Gasteiger partial charge in [0.05, 0.1) is 11.2 Å². The number of aromatic nitrogens is 1. The highest BCUT2D eigenvalue weighted by Gasteiger charge is 2.24. The van der Waals surface area contributed by atoms with E-state index in [2.05, 4.69) is 43.0 Å². The monoisotopic (exact) mass is 269 g/mol. The van der Waals surface area contributed by atoms with Crippen molar-refractivity contribution in [1.29, 1.82) is 0 Å². The van der Waals surface area contributed by atoms with Crippen LogP contribution in [0.1, 0.15) is 37.3 Å². The number of hydrogen-bond acceptors (Lipinski definition) is 4. The molecule has 18 heavy (non-hydrogen) atoms. The second-order valence-corrected chi connectivity index (χ2v) is 6.56. The van der Waals surface area contributed by atoms with Crippen LogP contribution in [0.4, 0.5) is 0 Å². The average molecular weight is 269 g/mol. The van der Waals surface area contributed by atoms with Gasteiger partial charge >= 0.3 is 0 Å². The van der Waals surface area contributed by atoms with Crippen LogP contribution in [0, 0.1) is 12.3 Å². The fourth-order valence-corrected chi connectivity index (χ4v) is 3.54. The molecule has 1 rings (SSSR count). The highest BCUT2D eigenvalue weighted by atomic mass is 32.1. The molecule has 3 nitrogen and oxygen atoms in total. The van der Waals surface area contributed by atoms with E-state index >= 15 is 0 Å². The largest absolute Gasteiger partial charge is 0.319 e. The van der Waals surface area contributed by atoms with Gasteiger partial charge in [-0.15, -0.1) is 11.3 Å². The summed E-state index contributed by atoms with van der Waals surface area (Å²) in [6.07, 6.45) is 2.51. The maximum Gasteiger partial charge on any atom is 0.0798 e. The number of rotatable bonds is 8. The molecule has 1 atom stereocenters. The molecule has 1 unspecified atom stereocenters. The average Bonchev–Trinajstić information content (AvgIpc) is 2.64. The predicted molar refractivity (Wildman–Crippen MR) is 80.1 cm³/mol. The number of thiazole rings is 1. The molecule has 0 aromatic carbocycles. The van der Waals surface area contributed by atoms with E-state index in [1.165, 1.54) is 23.4 Å². The zero-order valence-electron chi connectivity index (χ0n) is 12.4. The highest BCUT2D eigenvalue weighted by molar-refractivity contribution is 7.09. The van der Waals surface area contributed by atoms with E-state index in [9.17, 15) is 0 Å². The normalized spacial score (nSPS) is 15.0. The molecule has 104 valence electrons. The standard InChI is InChI=1S/C14H27N3S/c1-6-7-14(3,9-15-4)10-17(5)8-13-12(2)16-11-18-13/h11,15H,6-10H2,1-5H3. The predicted octanol–water partition coefficient (Wildman–Crippen LogP) is 2.91. The lowest BCUT2D eigenvalue weighted by molar-refractivity contribution is 0.172. The van der Waals surface area contributed by atoms with E-state index in [0.717, 1.165) is 19.6 Å². The summed E-state index contributed by atoms with van der Waals surface area (Å²) in [6.45, 7) is 9.95. The molecular formula is C14H27N3S. The molecule has 0 amide bonds. The minimum atomic E-state index is 0.358. The first-order valence-electron chi connectivity index (χ1n) is 6.73. The third kappa shape index (κ3) is 4.67. The molecule has 0 aliphatic rings. The Morgan fingerprint density at radius 2 is 2.22 bits per heavy atom. The summed E-state index contributed by atoms with van der Waals surface area (Å²) >= 11 is 1.76. The van der Waals surface area contributed by atoms with Gasteiger partial charge < -0.3 is 10.2 Å². The van der Waals surface area contributed by atoms with Crippen LogP contribution in [-0.4, -0.2) is 37.1 Å². The van der Waals surface area contributed by atoms with Gasteiger partial charge in [0.25, 0.3) is 0 Å². The molecule has 0 spiro atoms. The fourth-order valence-electron chi connectivity index (χ4n) is 2.68. The molecule has 0 aliphatic heterocycles. The highest BCUT2D eigenvalue weighted by Crippen LogP contribution is 2.25. The molecule has 0 saturated carbocycles. The smallest absolute Gasteiger partial charge is 0.0798 e. The van der Waals surface area contributed by atoms with E-state index in [-0.39, 0.29) is 0 Å². The van der Waals surface area contributed by atoms with E-state index in [0.29, 0.717) is 5.41 Å². The van der Waals surface area contributed by atoms with Gasteiger partial charge in [-0.1, -0.05) is 20.3 Å². The zero-order chi connectivity index (χ0) is 13.6. The summed E-state index contributed by atoms with van der Waals surface area (Å²) in [6, 6.07) is 0. The van der Waals surface area contributed by atoms with Crippen molar-refractivity contribution in [3.63, 3.8) is 0 Å². The number of nitrogens with zero attached hydrogens (tertiary/aromatic N) is 2. The molecular weight excluding hydrogens is 242 g/mol. The van der Waals surface area contributed by atoms with Crippen LogP contribution in [0.2, 0.25) is 0 Å². The molecule has 0 bridgehead atoms. The molecule has 4 heteroatoms. The molecule has 0 fully saturated rings. The topological polar surface area (TPSA) is 28.2 Å². The number of aryl methyl sites for hydroxylation is 1. The number of hydrogen-bond donors (Lipinski definition) is 1. The molecule has 1 N–H and O–H groups in total. The Bertz CT molecular complexity index is 343. The summed E-state index contributed by atoms with van der Waals surface area (Å²) in [5.41, 5.74) is 3.48. The van der Waals surface area contributed by atoms with Gasteiger partial charge in [0.2, 0.25) is 0 Å². The quantitative estimate of drug-likeness (QED) is 0.786. The van der Waals surface area contributed by atoms with Gasteiger partial charge in [0.15, 0.2) is 0 Å². The first-order chi connectivity index (χ1) is 8.50. The Kier molecular flexibility index (Phi) is 6.26. The molecule has 1 aromatic heterocycles. The maximum atomic E-state index is 4.32. The molecule has 1 heterocycles. The summed E-state index contributed by atoms with van der Waals surface area (Å²) < 4.78 is 0. The van der Waals surface area contributed by atoms with Crippen molar-refractivity contribution < 1.29 is 0 Å². The number of nitrogens with one attached hydrogen (secondary N) is 1. The van der Waals surface area contributed by atoms with Crippen molar-refractivity contribution in [3.8, 4) is 0 Å². The maximum absolute atomic E-state index is 4.32. The van der Waals surface area contributed by atoms with Gasteiger partial charge in [-0.2, -0.15) is 0 Å². The van der Waals surface area contributed by atoms with Crippen LogP contribution in [0.25, 0.3) is 0 Å². The summed E-state index contributed by atoms with van der Waals surface area (Å²) in [7, 11) is 4.25. The Labute approximate surface area is 116 Å². The molecule has 0 aliphatic carbocycles. The first-order valence-corrected chi connectivity index (χ1v) is 7.61. The van der Waals surface area contributed by atoms with E-state index < -0.39 is 0 Å². The van der Waals surface area contributed by atoms with Gasteiger partial charge in [0.1, 0.15) is 0 Å². The summed E-state index contributed by atoms with van der Waals surface area (Å²) in [5, 5.41) is 3.33. The lowest BCUT2D eigenvalue weighted by Crippen LogP contribution is -2.39. The van der Waals surface area contributed by atoms with Crippen molar-refractivity contribution in [2.75, 3.05) is 27.2 Å². The zero-order valence-corrected chi connectivity index (χ0v) is 13.2. The first kappa shape index (κ1) is 15.6. The Balaban J connectivity index is 2.56. The van der Waals surface area contributed by atoms with Crippen LogP contribution in [0.5, 0.6) is 0 Å². The Morgan fingerprint density at radius 3 is 2.72 bits per heavy atom. The minimum absolute atomic E-state index is 0.358. The van der Waals surface area contributed by atoms with Crippen molar-refractivity contribution >= 4 is 11.3 Å². The van der Waals surface area contributed by atoms with Gasteiger partial charge in [0, 0.05) is 24.5 Å². The lowest BCUT2D eigenvalue weighted by atomic mass is 9.85. The van der Waals surface area contributed by atoms with Crippen LogP contribution < -0.4 is 5.32 Å². The third-order valence-corrected chi connectivity index (χ3v) is 4.29. The second-order valence-electron chi connectivity index (χ2n) is 5.62. The van der Waals surface area contributed by atoms with Crippen molar-refractivity contribution in [3.05, 3.63) is 16.1 Å². The molecule has 0 radical (unpaired) electrons. The van der Waals surface area contributed by atoms with Crippen LogP contribution in [0.3, 0.4) is 0 Å². The summed E-state index contributed by atoms with van der Waals surface area (Å²) in [5.74, 6) is 0. The second kappa shape index (κ2) is 7.22. The van der Waals surface area contributed by atoms with Crippen LogP contribution in [0.15, 0.2) is 5.51 Å². The van der Waals surface area contributed by atoms with Gasteiger partial charge in [-0.05, 0) is 32.9 Å². The molecule has 0 saturated heterocycles. The lowest BCUT2D eigenvalue weighted by Gasteiger charge is -2.33. The van der Waals surface area contributed by atoms with Crippen molar-refractivity contribution in [2.45, 2.75) is 40.2 Å². The van der Waals surface area contributed by atoms with Crippen molar-refractivity contribution in [1.82, 2.24) is 15.2 Å². The van der Waals surface area contributed by atoms with E-state index in [1.54, 1.807) is 11.3 Å². The van der Waals surface area contributed by atoms with Crippen LogP contribution in [-0.2, 0) is 6.54 Å². The summed E-state index contributed by atoms with van der Waals surface area (Å²) in [4.78, 5) is 8.13.